The van der Waals surface area contributed by atoms with Crippen LogP contribution in [0.4, 0.5) is 0 Å². The van der Waals surface area contributed by atoms with Gasteiger partial charge in [0.1, 0.15) is 5.76 Å². The van der Waals surface area contributed by atoms with Crippen molar-refractivity contribution >= 4 is 17.8 Å². The van der Waals surface area contributed by atoms with Gasteiger partial charge in [-0.15, -0.1) is 6.58 Å². The second-order valence-corrected chi connectivity index (χ2v) is 5.48. The zero-order valence-corrected chi connectivity index (χ0v) is 13.1. The van der Waals surface area contributed by atoms with E-state index in [-0.39, 0.29) is 32.1 Å². The molecule has 1 aromatic rings. The molecule has 1 saturated heterocycles. The smallest absolute Gasteiger partial charge is 0.328 e. The van der Waals surface area contributed by atoms with Gasteiger partial charge in [0.25, 0.3) is 0 Å². The van der Waals surface area contributed by atoms with E-state index in [0.717, 1.165) is 0 Å². The van der Waals surface area contributed by atoms with Gasteiger partial charge in [-0.05, 0) is 12.1 Å². The van der Waals surface area contributed by atoms with E-state index in [9.17, 15) is 14.4 Å². The number of nitrogens with zero attached hydrogens (tertiary/aromatic N) is 1. The first-order valence-electron chi connectivity index (χ1n) is 7.53. The summed E-state index contributed by atoms with van der Waals surface area (Å²) in [5.74, 6) is -1.79. The molecule has 8 heteroatoms. The molecule has 24 heavy (non-hydrogen) atoms. The molecule has 1 aromatic heterocycles. The fourth-order valence-electron chi connectivity index (χ4n) is 2.42. The van der Waals surface area contributed by atoms with Crippen LogP contribution in [0.5, 0.6) is 0 Å². The van der Waals surface area contributed by atoms with Gasteiger partial charge in [-0.3, -0.25) is 9.59 Å². The van der Waals surface area contributed by atoms with Gasteiger partial charge in [0.05, 0.1) is 31.9 Å². The average molecular weight is 336 g/mol. The molecular formula is C16H20N2O6. The van der Waals surface area contributed by atoms with Crippen LogP contribution >= 0.6 is 0 Å². The summed E-state index contributed by atoms with van der Waals surface area (Å²) in [5, 5.41) is 11.5. The molecule has 0 aliphatic carbocycles. The number of carboxylic acid groups (broad SMARTS) is 1. The number of furan rings is 1. The van der Waals surface area contributed by atoms with E-state index in [4.69, 9.17) is 14.3 Å². The Kier molecular flexibility index (Phi) is 6.14. The van der Waals surface area contributed by atoms with Crippen molar-refractivity contribution in [1.29, 1.82) is 0 Å². The minimum Gasteiger partial charge on any atom is -0.480 e. The normalized spacial score (nSPS) is 18.4. The van der Waals surface area contributed by atoms with E-state index in [1.165, 1.54) is 17.2 Å². The van der Waals surface area contributed by atoms with Gasteiger partial charge in [-0.2, -0.15) is 0 Å². The highest BCUT2D eigenvalue weighted by molar-refractivity contribution is 5.91. The van der Waals surface area contributed by atoms with Crippen molar-refractivity contribution in [2.24, 2.45) is 5.92 Å². The number of carbonyl (C=O) groups is 3. The summed E-state index contributed by atoms with van der Waals surface area (Å²) in [6.07, 6.45) is 3.05. The van der Waals surface area contributed by atoms with Crippen molar-refractivity contribution in [1.82, 2.24) is 10.2 Å². The Morgan fingerprint density at radius 3 is 3.00 bits per heavy atom. The lowest BCUT2D eigenvalue weighted by Crippen LogP contribution is -2.46. The van der Waals surface area contributed by atoms with Gasteiger partial charge in [-0.1, -0.05) is 6.08 Å². The van der Waals surface area contributed by atoms with Crippen molar-refractivity contribution < 1.29 is 28.6 Å². The molecule has 0 aromatic carbocycles. The summed E-state index contributed by atoms with van der Waals surface area (Å²) in [7, 11) is 0. The molecule has 0 radical (unpaired) electrons. The molecule has 0 saturated carbocycles. The fraction of sp³-hybridized carbons (Fsp3) is 0.438. The SMILES string of the molecule is C=CCOCC(NC(=O)C1CC(=O)N(Cc2ccco2)C1)C(=O)O. The molecule has 2 atom stereocenters. The maximum atomic E-state index is 12.2. The van der Waals surface area contributed by atoms with Gasteiger partial charge in [0, 0.05) is 13.0 Å². The largest absolute Gasteiger partial charge is 0.480 e. The lowest BCUT2D eigenvalue weighted by Gasteiger charge is -2.18. The number of likely N-dealkylation sites (tertiary alicyclic amines) is 1. The standard InChI is InChI=1S/C16H20N2O6/c1-2-5-23-10-13(16(21)22)17-15(20)11-7-14(19)18(8-11)9-12-4-3-6-24-12/h2-4,6,11,13H,1,5,7-10H2,(H,17,20)(H,21,22). The van der Waals surface area contributed by atoms with Gasteiger partial charge in [0.2, 0.25) is 11.8 Å². The predicted molar refractivity (Wildman–Crippen MR) is 82.8 cm³/mol. The number of ether oxygens (including phenoxy) is 1. The lowest BCUT2D eigenvalue weighted by molar-refractivity contribution is -0.144. The number of amides is 2. The number of hydrogen-bond acceptors (Lipinski definition) is 5. The molecule has 0 bridgehead atoms. The first kappa shape index (κ1) is 17.7. The molecular weight excluding hydrogens is 316 g/mol. The quantitative estimate of drug-likeness (QED) is 0.499. The van der Waals surface area contributed by atoms with Crippen LogP contribution in [-0.2, 0) is 25.7 Å². The molecule has 2 unspecified atom stereocenters. The van der Waals surface area contributed by atoms with Crippen LogP contribution in [0.2, 0.25) is 0 Å². The van der Waals surface area contributed by atoms with Gasteiger partial charge < -0.3 is 24.5 Å². The molecule has 1 fully saturated rings. The summed E-state index contributed by atoms with van der Waals surface area (Å²) in [4.78, 5) is 36.9. The summed E-state index contributed by atoms with van der Waals surface area (Å²) >= 11 is 0. The number of rotatable bonds is 9. The minimum absolute atomic E-state index is 0.0480. The van der Waals surface area contributed by atoms with Crippen LogP contribution in [0.3, 0.4) is 0 Å². The Morgan fingerprint density at radius 2 is 2.38 bits per heavy atom. The van der Waals surface area contributed by atoms with E-state index >= 15 is 0 Å². The van der Waals surface area contributed by atoms with E-state index in [1.54, 1.807) is 12.1 Å². The third-order valence-corrected chi connectivity index (χ3v) is 3.65. The number of nitrogens with one attached hydrogen (secondary N) is 1. The van der Waals surface area contributed by atoms with E-state index in [1.807, 2.05) is 0 Å². The summed E-state index contributed by atoms with van der Waals surface area (Å²) in [6, 6.07) is 2.31. The topological polar surface area (TPSA) is 109 Å². The highest BCUT2D eigenvalue weighted by Crippen LogP contribution is 2.20. The van der Waals surface area contributed by atoms with Crippen molar-refractivity contribution in [3.05, 3.63) is 36.8 Å². The Bertz CT molecular complexity index is 598. The third-order valence-electron chi connectivity index (χ3n) is 3.65. The molecule has 130 valence electrons. The predicted octanol–water partition coefficient (Wildman–Crippen LogP) is 0.400. The number of aliphatic carboxylic acids is 1. The molecule has 1 aliphatic heterocycles. The van der Waals surface area contributed by atoms with Crippen LogP contribution < -0.4 is 5.32 Å². The monoisotopic (exact) mass is 336 g/mol. The highest BCUT2D eigenvalue weighted by Gasteiger charge is 2.36. The molecule has 2 rings (SSSR count). The third kappa shape index (κ3) is 4.69. The molecule has 2 heterocycles. The van der Waals surface area contributed by atoms with Gasteiger partial charge in [-0.25, -0.2) is 4.79 Å². The summed E-state index contributed by atoms with van der Waals surface area (Å²) in [6.45, 7) is 4.01. The fourth-order valence-corrected chi connectivity index (χ4v) is 2.42. The number of carbonyl (C=O) groups excluding carboxylic acids is 2. The summed E-state index contributed by atoms with van der Waals surface area (Å²) < 4.78 is 10.3. The second-order valence-electron chi connectivity index (χ2n) is 5.48. The molecule has 2 N–H and O–H groups in total. The van der Waals surface area contributed by atoms with Gasteiger partial charge in [0.15, 0.2) is 6.04 Å². The van der Waals surface area contributed by atoms with Gasteiger partial charge >= 0.3 is 5.97 Å². The Hall–Kier alpha value is -2.61. The number of hydrogen-bond donors (Lipinski definition) is 2. The average Bonchev–Trinajstić information content (AvgIpc) is 3.17. The van der Waals surface area contributed by atoms with Crippen LogP contribution in [-0.4, -0.2) is 53.6 Å². The first-order chi connectivity index (χ1) is 11.5. The van der Waals surface area contributed by atoms with Crippen LogP contribution in [0.1, 0.15) is 12.2 Å². The lowest BCUT2D eigenvalue weighted by atomic mass is 10.1. The maximum absolute atomic E-state index is 12.2. The Morgan fingerprint density at radius 1 is 1.58 bits per heavy atom. The van der Waals surface area contributed by atoms with Crippen molar-refractivity contribution in [2.45, 2.75) is 19.0 Å². The van der Waals surface area contributed by atoms with E-state index in [2.05, 4.69) is 11.9 Å². The molecule has 0 spiro atoms. The van der Waals surface area contributed by atoms with Crippen LogP contribution in [0.25, 0.3) is 0 Å². The van der Waals surface area contributed by atoms with E-state index < -0.39 is 23.8 Å². The molecule has 8 nitrogen and oxygen atoms in total. The number of carboxylic acids is 1. The first-order valence-corrected chi connectivity index (χ1v) is 7.53. The van der Waals surface area contributed by atoms with Crippen LogP contribution in [0, 0.1) is 5.92 Å². The Balaban J connectivity index is 1.88. The second kappa shape index (κ2) is 8.30. The van der Waals surface area contributed by atoms with Crippen molar-refractivity contribution in [3.63, 3.8) is 0 Å². The Labute approximate surface area is 139 Å². The molecule has 1 aliphatic rings. The summed E-state index contributed by atoms with van der Waals surface area (Å²) in [5.41, 5.74) is 0. The van der Waals surface area contributed by atoms with E-state index in [0.29, 0.717) is 12.3 Å². The van der Waals surface area contributed by atoms with Crippen molar-refractivity contribution in [3.8, 4) is 0 Å². The zero-order valence-electron chi connectivity index (χ0n) is 13.1. The zero-order chi connectivity index (χ0) is 17.5. The van der Waals surface area contributed by atoms with Crippen molar-refractivity contribution in [2.75, 3.05) is 19.8 Å². The van der Waals surface area contributed by atoms with Crippen LogP contribution in [0.15, 0.2) is 35.5 Å². The minimum atomic E-state index is -1.19. The highest BCUT2D eigenvalue weighted by atomic mass is 16.5. The molecule has 2 amide bonds. The maximum Gasteiger partial charge on any atom is 0.328 e.